The van der Waals surface area contributed by atoms with Gasteiger partial charge in [0.15, 0.2) is 0 Å². The fourth-order valence-corrected chi connectivity index (χ4v) is 2.83. The van der Waals surface area contributed by atoms with Gasteiger partial charge in [0, 0.05) is 26.7 Å². The highest BCUT2D eigenvalue weighted by molar-refractivity contribution is 4.86. The fourth-order valence-electron chi connectivity index (χ4n) is 2.83. The van der Waals surface area contributed by atoms with Gasteiger partial charge in [-0.1, -0.05) is 19.3 Å². The minimum Gasteiger partial charge on any atom is -0.395 e. The van der Waals surface area contributed by atoms with Gasteiger partial charge < -0.3 is 15.6 Å². The van der Waals surface area contributed by atoms with Gasteiger partial charge in [-0.2, -0.15) is 0 Å². The summed E-state index contributed by atoms with van der Waals surface area (Å²) in [6.07, 6.45) is 6.42. The summed E-state index contributed by atoms with van der Waals surface area (Å²) in [5, 5.41) is 9.11. The average Bonchev–Trinajstić information content (AvgIpc) is 2.37. The molecule has 0 heterocycles. The molecule has 0 saturated heterocycles. The van der Waals surface area contributed by atoms with Gasteiger partial charge in [-0.15, -0.1) is 0 Å². The zero-order valence-electron chi connectivity index (χ0n) is 11.2. The van der Waals surface area contributed by atoms with Crippen molar-refractivity contribution in [2.75, 3.05) is 46.5 Å². The van der Waals surface area contributed by atoms with Crippen molar-refractivity contribution in [2.24, 2.45) is 11.1 Å². The summed E-state index contributed by atoms with van der Waals surface area (Å²) < 4.78 is 5.12. The molecular formula is C13H28N2O2. The Hall–Kier alpha value is -0.160. The normalized spacial score (nSPS) is 19.8. The van der Waals surface area contributed by atoms with Crippen LogP contribution in [0.5, 0.6) is 0 Å². The minimum atomic E-state index is 0.213. The minimum absolute atomic E-state index is 0.213. The highest BCUT2D eigenvalue weighted by Gasteiger charge is 2.32. The molecule has 1 aliphatic carbocycles. The molecule has 17 heavy (non-hydrogen) atoms. The number of hydrogen-bond donors (Lipinski definition) is 2. The predicted octanol–water partition coefficient (Wildman–Crippen LogP) is 0.836. The molecule has 1 saturated carbocycles. The maximum atomic E-state index is 9.11. The van der Waals surface area contributed by atoms with E-state index in [2.05, 4.69) is 4.90 Å². The third-order valence-electron chi connectivity index (χ3n) is 3.93. The van der Waals surface area contributed by atoms with Crippen LogP contribution in [-0.2, 0) is 4.74 Å². The van der Waals surface area contributed by atoms with Crippen LogP contribution < -0.4 is 5.73 Å². The number of methoxy groups -OCH3 is 1. The Kier molecular flexibility index (Phi) is 7.04. The van der Waals surface area contributed by atoms with Crippen LogP contribution in [0.25, 0.3) is 0 Å². The first-order valence-electron chi connectivity index (χ1n) is 6.78. The summed E-state index contributed by atoms with van der Waals surface area (Å²) >= 11 is 0. The Morgan fingerprint density at radius 3 is 2.47 bits per heavy atom. The molecule has 0 aliphatic heterocycles. The Bertz CT molecular complexity index is 194. The number of hydrogen-bond acceptors (Lipinski definition) is 4. The predicted molar refractivity (Wildman–Crippen MR) is 70.0 cm³/mol. The van der Waals surface area contributed by atoms with Gasteiger partial charge in [0.05, 0.1) is 13.2 Å². The molecular weight excluding hydrogens is 216 g/mol. The van der Waals surface area contributed by atoms with E-state index in [1.165, 1.54) is 32.1 Å². The molecule has 1 fully saturated rings. The second kappa shape index (κ2) is 8.03. The van der Waals surface area contributed by atoms with Gasteiger partial charge in [0.1, 0.15) is 0 Å². The highest BCUT2D eigenvalue weighted by atomic mass is 16.5. The van der Waals surface area contributed by atoms with Gasteiger partial charge in [0.25, 0.3) is 0 Å². The Balaban J connectivity index is 2.48. The third-order valence-corrected chi connectivity index (χ3v) is 3.93. The van der Waals surface area contributed by atoms with E-state index < -0.39 is 0 Å². The van der Waals surface area contributed by atoms with E-state index >= 15 is 0 Å². The lowest BCUT2D eigenvalue weighted by Crippen LogP contribution is -2.45. The maximum absolute atomic E-state index is 9.11. The van der Waals surface area contributed by atoms with Gasteiger partial charge >= 0.3 is 0 Å². The smallest absolute Gasteiger partial charge is 0.0589 e. The van der Waals surface area contributed by atoms with Crippen LogP contribution in [0.3, 0.4) is 0 Å². The molecule has 0 aromatic carbocycles. The third kappa shape index (κ3) is 4.92. The summed E-state index contributed by atoms with van der Waals surface area (Å²) in [5.74, 6) is 0. The molecule has 0 atom stereocenters. The van der Waals surface area contributed by atoms with Crippen LogP contribution in [0.1, 0.15) is 32.1 Å². The van der Waals surface area contributed by atoms with Crippen molar-refractivity contribution in [1.29, 1.82) is 0 Å². The second-order valence-electron chi connectivity index (χ2n) is 5.26. The summed E-state index contributed by atoms with van der Waals surface area (Å²) in [7, 11) is 1.72. The van der Waals surface area contributed by atoms with E-state index in [1.807, 2.05) is 0 Å². The number of aliphatic hydroxyl groups is 1. The molecule has 4 nitrogen and oxygen atoms in total. The van der Waals surface area contributed by atoms with Gasteiger partial charge in [-0.3, -0.25) is 4.90 Å². The van der Waals surface area contributed by atoms with E-state index in [1.54, 1.807) is 7.11 Å². The largest absolute Gasteiger partial charge is 0.395 e. The molecule has 0 unspecified atom stereocenters. The first kappa shape index (κ1) is 14.9. The van der Waals surface area contributed by atoms with Crippen LogP contribution >= 0.6 is 0 Å². The number of rotatable bonds is 8. The van der Waals surface area contributed by atoms with Gasteiger partial charge in [0.2, 0.25) is 0 Å². The van der Waals surface area contributed by atoms with Crippen molar-refractivity contribution < 1.29 is 9.84 Å². The summed E-state index contributed by atoms with van der Waals surface area (Å²) in [4.78, 5) is 2.29. The van der Waals surface area contributed by atoms with Crippen molar-refractivity contribution in [1.82, 2.24) is 4.90 Å². The molecule has 4 heteroatoms. The van der Waals surface area contributed by atoms with E-state index in [9.17, 15) is 0 Å². The van der Waals surface area contributed by atoms with Crippen LogP contribution in [0.2, 0.25) is 0 Å². The first-order valence-corrected chi connectivity index (χ1v) is 6.78. The lowest BCUT2D eigenvalue weighted by atomic mass is 9.73. The molecule has 3 N–H and O–H groups in total. The first-order chi connectivity index (χ1) is 8.26. The molecule has 0 bridgehead atoms. The highest BCUT2D eigenvalue weighted by Crippen LogP contribution is 2.35. The van der Waals surface area contributed by atoms with Crippen molar-refractivity contribution in [3.05, 3.63) is 0 Å². The molecule has 1 aliphatic rings. The lowest BCUT2D eigenvalue weighted by Gasteiger charge is -2.40. The monoisotopic (exact) mass is 244 g/mol. The average molecular weight is 244 g/mol. The molecule has 1 rings (SSSR count). The SMILES string of the molecule is COCCN(CCO)CC1(CN)CCCCC1. The number of aliphatic hydroxyl groups excluding tert-OH is 1. The van der Waals surface area contributed by atoms with Crippen molar-refractivity contribution in [2.45, 2.75) is 32.1 Å². The summed E-state index contributed by atoms with van der Waals surface area (Å²) in [5.41, 5.74) is 6.27. The van der Waals surface area contributed by atoms with E-state index in [0.29, 0.717) is 0 Å². The molecule has 0 amide bonds. The fraction of sp³-hybridized carbons (Fsp3) is 1.00. The van der Waals surface area contributed by atoms with Crippen LogP contribution in [0, 0.1) is 5.41 Å². The quantitative estimate of drug-likeness (QED) is 0.664. The Labute approximate surface area is 105 Å². The van der Waals surface area contributed by atoms with E-state index in [4.69, 9.17) is 15.6 Å². The van der Waals surface area contributed by atoms with Crippen molar-refractivity contribution >= 4 is 0 Å². The second-order valence-corrected chi connectivity index (χ2v) is 5.26. The van der Waals surface area contributed by atoms with E-state index in [0.717, 1.165) is 32.8 Å². The topological polar surface area (TPSA) is 58.7 Å². The lowest BCUT2D eigenvalue weighted by molar-refractivity contribution is 0.0728. The number of ether oxygens (including phenoxy) is 1. The van der Waals surface area contributed by atoms with Gasteiger partial charge in [-0.05, 0) is 24.8 Å². The summed E-state index contributed by atoms with van der Waals surface area (Å²) in [6, 6.07) is 0. The molecule has 0 radical (unpaired) electrons. The van der Waals surface area contributed by atoms with E-state index in [-0.39, 0.29) is 12.0 Å². The van der Waals surface area contributed by atoms with Gasteiger partial charge in [-0.25, -0.2) is 0 Å². The molecule has 102 valence electrons. The zero-order chi connectivity index (χ0) is 12.6. The molecule has 0 aromatic rings. The molecule has 0 spiro atoms. The standard InChI is InChI=1S/C13H28N2O2/c1-17-10-8-15(7-9-16)12-13(11-14)5-3-2-4-6-13/h16H,2-12,14H2,1H3. The van der Waals surface area contributed by atoms with Crippen molar-refractivity contribution in [3.8, 4) is 0 Å². The molecule has 0 aromatic heterocycles. The van der Waals surface area contributed by atoms with Crippen LogP contribution in [0.4, 0.5) is 0 Å². The number of nitrogens with zero attached hydrogens (tertiary/aromatic N) is 1. The van der Waals surface area contributed by atoms with Crippen LogP contribution in [0.15, 0.2) is 0 Å². The van der Waals surface area contributed by atoms with Crippen LogP contribution in [-0.4, -0.2) is 56.5 Å². The van der Waals surface area contributed by atoms with Crippen molar-refractivity contribution in [3.63, 3.8) is 0 Å². The zero-order valence-corrected chi connectivity index (χ0v) is 11.2. The number of nitrogens with two attached hydrogens (primary N) is 1. The Morgan fingerprint density at radius 1 is 1.24 bits per heavy atom. The maximum Gasteiger partial charge on any atom is 0.0589 e. The summed E-state index contributed by atoms with van der Waals surface area (Å²) in [6.45, 7) is 4.32. The Morgan fingerprint density at radius 2 is 1.94 bits per heavy atom.